The summed E-state index contributed by atoms with van der Waals surface area (Å²) in [7, 11) is 0. The van der Waals surface area contributed by atoms with Gasteiger partial charge < -0.3 is 9.80 Å². The van der Waals surface area contributed by atoms with Gasteiger partial charge in [0.25, 0.3) is 0 Å². The first-order valence-corrected chi connectivity index (χ1v) is 6.00. The molecule has 1 aromatic carbocycles. The van der Waals surface area contributed by atoms with Crippen LogP contribution in [0.25, 0.3) is 0 Å². The standard InChI is InChI=1S/C12H18N2S.Na.H/c1-2-13-7-9-14(10-8-13)11-3-5-12(15)6-4-11;;/h3-6,15H,2,7-10H2,1H3;;. The van der Waals surface area contributed by atoms with Gasteiger partial charge in [-0.2, -0.15) is 0 Å². The van der Waals surface area contributed by atoms with Gasteiger partial charge in [-0.05, 0) is 30.8 Å². The van der Waals surface area contributed by atoms with Crippen molar-refractivity contribution < 1.29 is 0 Å². The van der Waals surface area contributed by atoms with Crippen molar-refractivity contribution in [1.29, 1.82) is 0 Å². The third kappa shape index (κ3) is 3.67. The molecule has 0 spiro atoms. The summed E-state index contributed by atoms with van der Waals surface area (Å²) in [6, 6.07) is 8.43. The van der Waals surface area contributed by atoms with Crippen LogP contribution in [0.5, 0.6) is 0 Å². The van der Waals surface area contributed by atoms with E-state index >= 15 is 0 Å². The van der Waals surface area contributed by atoms with Gasteiger partial charge in [-0.25, -0.2) is 0 Å². The number of hydrogen-bond acceptors (Lipinski definition) is 3. The Balaban J connectivity index is 0.00000128. The van der Waals surface area contributed by atoms with Gasteiger partial charge in [0.2, 0.25) is 0 Å². The van der Waals surface area contributed by atoms with E-state index in [1.807, 2.05) is 0 Å². The molecule has 0 unspecified atom stereocenters. The molecule has 0 saturated carbocycles. The average molecular weight is 246 g/mol. The molecule has 2 rings (SSSR count). The molecule has 0 amide bonds. The van der Waals surface area contributed by atoms with Crippen LogP contribution < -0.4 is 4.90 Å². The van der Waals surface area contributed by atoms with E-state index in [1.165, 1.54) is 25.3 Å². The summed E-state index contributed by atoms with van der Waals surface area (Å²) in [5, 5.41) is 0. The number of anilines is 1. The summed E-state index contributed by atoms with van der Waals surface area (Å²) in [5.74, 6) is 0. The van der Waals surface area contributed by atoms with E-state index in [1.54, 1.807) is 0 Å². The molecular formula is C12H19N2NaS. The van der Waals surface area contributed by atoms with Crippen LogP contribution in [0.1, 0.15) is 6.92 Å². The fraction of sp³-hybridized carbons (Fsp3) is 0.500. The average Bonchev–Trinajstić information content (AvgIpc) is 2.30. The van der Waals surface area contributed by atoms with Crippen molar-refractivity contribution in [2.45, 2.75) is 11.8 Å². The molecule has 0 atom stereocenters. The van der Waals surface area contributed by atoms with Crippen LogP contribution >= 0.6 is 12.6 Å². The van der Waals surface area contributed by atoms with E-state index in [9.17, 15) is 0 Å². The number of rotatable bonds is 2. The van der Waals surface area contributed by atoms with Gasteiger partial charge in [-0.1, -0.05) is 6.92 Å². The van der Waals surface area contributed by atoms with Crippen molar-refractivity contribution >= 4 is 47.9 Å². The number of nitrogens with zero attached hydrogens (tertiary/aromatic N) is 2. The molecule has 2 nitrogen and oxygen atoms in total. The van der Waals surface area contributed by atoms with Gasteiger partial charge in [-0.15, -0.1) is 12.6 Å². The van der Waals surface area contributed by atoms with Gasteiger partial charge in [-0.3, -0.25) is 0 Å². The van der Waals surface area contributed by atoms with Crippen molar-refractivity contribution in [2.75, 3.05) is 37.6 Å². The van der Waals surface area contributed by atoms with E-state index in [-0.39, 0.29) is 29.6 Å². The second kappa shape index (κ2) is 6.92. The fourth-order valence-electron chi connectivity index (χ4n) is 1.99. The molecule has 1 aliphatic rings. The molecular weight excluding hydrogens is 227 g/mol. The van der Waals surface area contributed by atoms with Crippen molar-refractivity contribution in [3.63, 3.8) is 0 Å². The van der Waals surface area contributed by atoms with E-state index in [0.29, 0.717) is 0 Å². The van der Waals surface area contributed by atoms with Crippen LogP contribution in [-0.4, -0.2) is 67.2 Å². The first-order chi connectivity index (χ1) is 7.29. The minimum atomic E-state index is 0. The zero-order valence-electron chi connectivity index (χ0n) is 9.19. The number of likely N-dealkylation sites (N-methyl/N-ethyl adjacent to an activating group) is 1. The van der Waals surface area contributed by atoms with Crippen LogP contribution in [0.3, 0.4) is 0 Å². The molecule has 1 saturated heterocycles. The van der Waals surface area contributed by atoms with E-state index in [2.05, 4.69) is 53.6 Å². The van der Waals surface area contributed by atoms with Gasteiger partial charge >= 0.3 is 29.6 Å². The van der Waals surface area contributed by atoms with Crippen molar-refractivity contribution in [1.82, 2.24) is 4.90 Å². The Bertz CT molecular complexity index is 307. The molecule has 4 heteroatoms. The SMILES string of the molecule is CCN1CCN(c2ccc(S)cc2)CC1.[NaH]. The first kappa shape index (κ1) is 14.4. The third-order valence-corrected chi connectivity index (χ3v) is 3.33. The van der Waals surface area contributed by atoms with E-state index < -0.39 is 0 Å². The molecule has 84 valence electrons. The topological polar surface area (TPSA) is 6.48 Å². The summed E-state index contributed by atoms with van der Waals surface area (Å²) in [5.41, 5.74) is 1.32. The van der Waals surface area contributed by atoms with Crippen molar-refractivity contribution in [3.8, 4) is 0 Å². The van der Waals surface area contributed by atoms with Gasteiger partial charge in [0.05, 0.1) is 0 Å². The normalized spacial score (nSPS) is 17.0. The minimum absolute atomic E-state index is 0. The molecule has 1 aliphatic heterocycles. The molecule has 1 heterocycles. The molecule has 0 N–H and O–H groups in total. The van der Waals surface area contributed by atoms with Crippen LogP contribution in [0.15, 0.2) is 29.2 Å². The zero-order valence-corrected chi connectivity index (χ0v) is 10.1. The molecule has 0 aromatic heterocycles. The molecule has 0 bridgehead atoms. The predicted octanol–water partition coefficient (Wildman–Crippen LogP) is 1.47. The molecule has 0 radical (unpaired) electrons. The number of thiol groups is 1. The monoisotopic (exact) mass is 246 g/mol. The van der Waals surface area contributed by atoms with E-state index in [0.717, 1.165) is 18.0 Å². The van der Waals surface area contributed by atoms with Crippen LogP contribution in [-0.2, 0) is 0 Å². The molecule has 1 fully saturated rings. The zero-order chi connectivity index (χ0) is 10.7. The van der Waals surface area contributed by atoms with Gasteiger partial charge in [0.15, 0.2) is 0 Å². The van der Waals surface area contributed by atoms with Crippen molar-refractivity contribution in [2.24, 2.45) is 0 Å². The van der Waals surface area contributed by atoms with Crippen LogP contribution in [0.4, 0.5) is 5.69 Å². The van der Waals surface area contributed by atoms with Crippen molar-refractivity contribution in [3.05, 3.63) is 24.3 Å². The summed E-state index contributed by atoms with van der Waals surface area (Å²) in [6.45, 7) is 8.03. The first-order valence-electron chi connectivity index (χ1n) is 5.56. The Hall–Kier alpha value is 0.330. The maximum absolute atomic E-state index is 4.30. The molecule has 1 aromatic rings. The number of hydrogen-bond donors (Lipinski definition) is 1. The predicted molar refractivity (Wildman–Crippen MR) is 75.2 cm³/mol. The number of piperazine rings is 1. The Labute approximate surface area is 126 Å². The number of benzene rings is 1. The molecule has 16 heavy (non-hydrogen) atoms. The maximum atomic E-state index is 4.30. The summed E-state index contributed by atoms with van der Waals surface area (Å²) in [4.78, 5) is 5.97. The summed E-state index contributed by atoms with van der Waals surface area (Å²) < 4.78 is 0. The third-order valence-electron chi connectivity index (χ3n) is 3.03. The van der Waals surface area contributed by atoms with Gasteiger partial charge in [0, 0.05) is 36.8 Å². The Morgan fingerprint density at radius 2 is 1.62 bits per heavy atom. The quantitative estimate of drug-likeness (QED) is 0.623. The summed E-state index contributed by atoms with van der Waals surface area (Å²) in [6.07, 6.45) is 0. The fourth-order valence-corrected chi connectivity index (χ4v) is 2.13. The molecule has 0 aliphatic carbocycles. The summed E-state index contributed by atoms with van der Waals surface area (Å²) >= 11 is 4.30. The Kier molecular flexibility index (Phi) is 6.22. The second-order valence-corrected chi connectivity index (χ2v) is 4.45. The van der Waals surface area contributed by atoms with Gasteiger partial charge in [0.1, 0.15) is 0 Å². The van der Waals surface area contributed by atoms with E-state index in [4.69, 9.17) is 0 Å². The Morgan fingerprint density at radius 3 is 2.12 bits per heavy atom. The second-order valence-electron chi connectivity index (χ2n) is 3.94. The van der Waals surface area contributed by atoms with Crippen LogP contribution in [0.2, 0.25) is 0 Å². The Morgan fingerprint density at radius 1 is 1.06 bits per heavy atom. The van der Waals surface area contributed by atoms with Crippen LogP contribution in [0, 0.1) is 0 Å².